The van der Waals surface area contributed by atoms with Crippen LogP contribution in [0.2, 0.25) is 0 Å². The summed E-state index contributed by atoms with van der Waals surface area (Å²) in [7, 11) is 0. The monoisotopic (exact) mass is 228 g/mol. The van der Waals surface area contributed by atoms with Crippen LogP contribution in [0.5, 0.6) is 0 Å². The molecule has 0 unspecified atom stereocenters. The number of aryl methyl sites for hydroxylation is 1. The number of aromatic nitrogens is 3. The number of hydrogen-bond donors (Lipinski definition) is 1. The van der Waals surface area contributed by atoms with Crippen LogP contribution in [-0.2, 0) is 6.54 Å². The van der Waals surface area contributed by atoms with E-state index in [0.29, 0.717) is 12.5 Å². The van der Waals surface area contributed by atoms with Crippen LogP contribution < -0.4 is 5.73 Å². The zero-order chi connectivity index (χ0) is 11.8. The second-order valence-electron chi connectivity index (χ2n) is 4.60. The molecule has 0 spiro atoms. The van der Waals surface area contributed by atoms with E-state index in [0.717, 1.165) is 17.1 Å². The third kappa shape index (κ3) is 1.74. The van der Waals surface area contributed by atoms with Crippen molar-refractivity contribution in [3.05, 3.63) is 41.2 Å². The van der Waals surface area contributed by atoms with Gasteiger partial charge in [-0.05, 0) is 31.4 Å². The molecule has 0 aliphatic heterocycles. The van der Waals surface area contributed by atoms with Crippen molar-refractivity contribution < 1.29 is 0 Å². The van der Waals surface area contributed by atoms with Crippen LogP contribution in [0.15, 0.2) is 24.3 Å². The van der Waals surface area contributed by atoms with E-state index in [2.05, 4.69) is 29.4 Å². The van der Waals surface area contributed by atoms with E-state index in [-0.39, 0.29) is 0 Å². The SMILES string of the molecule is Cc1ccccc1-n1nnc(C2CC2)c1CN. The van der Waals surface area contributed by atoms with E-state index < -0.39 is 0 Å². The molecule has 0 bridgehead atoms. The van der Waals surface area contributed by atoms with Crippen molar-refractivity contribution in [2.45, 2.75) is 32.2 Å². The molecule has 1 heterocycles. The van der Waals surface area contributed by atoms with Crippen molar-refractivity contribution >= 4 is 0 Å². The zero-order valence-corrected chi connectivity index (χ0v) is 9.93. The molecule has 2 N–H and O–H groups in total. The highest BCUT2D eigenvalue weighted by molar-refractivity contribution is 5.41. The Hall–Kier alpha value is -1.68. The van der Waals surface area contributed by atoms with Gasteiger partial charge in [0.2, 0.25) is 0 Å². The number of nitrogens with two attached hydrogens (primary N) is 1. The maximum atomic E-state index is 5.85. The van der Waals surface area contributed by atoms with Crippen molar-refractivity contribution in [2.24, 2.45) is 5.73 Å². The number of hydrogen-bond acceptors (Lipinski definition) is 3. The molecule has 17 heavy (non-hydrogen) atoms. The Morgan fingerprint density at radius 1 is 1.35 bits per heavy atom. The minimum Gasteiger partial charge on any atom is -0.325 e. The molecule has 1 aromatic heterocycles. The first-order valence-electron chi connectivity index (χ1n) is 6.02. The molecule has 1 saturated carbocycles. The van der Waals surface area contributed by atoms with Gasteiger partial charge >= 0.3 is 0 Å². The van der Waals surface area contributed by atoms with Crippen LogP contribution in [0.4, 0.5) is 0 Å². The number of para-hydroxylation sites is 1. The lowest BCUT2D eigenvalue weighted by Gasteiger charge is -2.08. The van der Waals surface area contributed by atoms with Gasteiger partial charge in [0, 0.05) is 12.5 Å². The summed E-state index contributed by atoms with van der Waals surface area (Å²) in [5.41, 5.74) is 10.3. The zero-order valence-electron chi connectivity index (χ0n) is 9.93. The fourth-order valence-corrected chi connectivity index (χ4v) is 2.17. The quantitative estimate of drug-likeness (QED) is 0.873. The van der Waals surface area contributed by atoms with Crippen molar-refractivity contribution in [3.8, 4) is 5.69 Å². The van der Waals surface area contributed by atoms with Gasteiger partial charge in [0.1, 0.15) is 0 Å². The summed E-state index contributed by atoms with van der Waals surface area (Å²) in [6.45, 7) is 2.57. The molecular formula is C13H16N4. The van der Waals surface area contributed by atoms with E-state index in [9.17, 15) is 0 Å². The molecule has 0 radical (unpaired) electrons. The van der Waals surface area contributed by atoms with E-state index in [1.807, 2.05) is 16.8 Å². The van der Waals surface area contributed by atoms with Crippen LogP contribution in [0.3, 0.4) is 0 Å². The van der Waals surface area contributed by atoms with Gasteiger partial charge < -0.3 is 5.73 Å². The largest absolute Gasteiger partial charge is 0.325 e. The standard InChI is InChI=1S/C13H16N4/c1-9-4-2-3-5-11(9)17-12(8-14)13(15-16-17)10-6-7-10/h2-5,10H,6-8,14H2,1H3. The van der Waals surface area contributed by atoms with Gasteiger partial charge in [0.05, 0.1) is 17.1 Å². The van der Waals surface area contributed by atoms with Gasteiger partial charge in [-0.2, -0.15) is 0 Å². The molecule has 1 aliphatic carbocycles. The summed E-state index contributed by atoms with van der Waals surface area (Å²) in [6, 6.07) is 8.18. The van der Waals surface area contributed by atoms with Gasteiger partial charge in [-0.1, -0.05) is 23.4 Å². The van der Waals surface area contributed by atoms with Crippen molar-refractivity contribution in [1.29, 1.82) is 0 Å². The van der Waals surface area contributed by atoms with Crippen LogP contribution >= 0.6 is 0 Å². The predicted octanol–water partition coefficient (Wildman–Crippen LogP) is 1.91. The van der Waals surface area contributed by atoms with Gasteiger partial charge in [0.15, 0.2) is 0 Å². The molecule has 3 rings (SSSR count). The number of rotatable bonds is 3. The minimum absolute atomic E-state index is 0.493. The molecule has 0 amide bonds. The lowest BCUT2D eigenvalue weighted by atomic mass is 10.2. The molecule has 1 aliphatic rings. The maximum absolute atomic E-state index is 5.85. The normalized spacial score (nSPS) is 15.2. The lowest BCUT2D eigenvalue weighted by molar-refractivity contribution is 0.757. The Labute approximate surface area is 100 Å². The molecule has 0 saturated heterocycles. The Morgan fingerprint density at radius 2 is 2.12 bits per heavy atom. The fourth-order valence-electron chi connectivity index (χ4n) is 2.17. The highest BCUT2D eigenvalue weighted by Crippen LogP contribution is 2.40. The summed E-state index contributed by atoms with van der Waals surface area (Å²) >= 11 is 0. The molecule has 0 atom stereocenters. The van der Waals surface area contributed by atoms with Gasteiger partial charge in [0.25, 0.3) is 0 Å². The Balaban J connectivity index is 2.11. The summed E-state index contributed by atoms with van der Waals surface area (Å²) in [4.78, 5) is 0. The number of nitrogens with zero attached hydrogens (tertiary/aromatic N) is 3. The highest BCUT2D eigenvalue weighted by Gasteiger charge is 2.30. The summed E-state index contributed by atoms with van der Waals surface area (Å²) in [5.74, 6) is 0.589. The minimum atomic E-state index is 0.493. The lowest BCUT2D eigenvalue weighted by Crippen LogP contribution is -2.09. The number of benzene rings is 1. The Bertz CT molecular complexity index is 540. The van der Waals surface area contributed by atoms with Gasteiger partial charge in [-0.15, -0.1) is 5.10 Å². The molecular weight excluding hydrogens is 212 g/mol. The average Bonchev–Trinajstić information content (AvgIpc) is 3.10. The third-order valence-corrected chi connectivity index (χ3v) is 3.29. The fraction of sp³-hybridized carbons (Fsp3) is 0.385. The van der Waals surface area contributed by atoms with Crippen LogP contribution in [0, 0.1) is 6.92 Å². The second kappa shape index (κ2) is 3.96. The van der Waals surface area contributed by atoms with Gasteiger partial charge in [-0.25, -0.2) is 4.68 Å². The van der Waals surface area contributed by atoms with Crippen molar-refractivity contribution in [3.63, 3.8) is 0 Å². The van der Waals surface area contributed by atoms with E-state index in [1.165, 1.54) is 18.4 Å². The van der Waals surface area contributed by atoms with Crippen LogP contribution in [-0.4, -0.2) is 15.0 Å². The first-order valence-corrected chi connectivity index (χ1v) is 6.02. The van der Waals surface area contributed by atoms with E-state index in [1.54, 1.807) is 0 Å². The molecule has 2 aromatic rings. The predicted molar refractivity (Wildman–Crippen MR) is 66.0 cm³/mol. The van der Waals surface area contributed by atoms with Crippen molar-refractivity contribution in [1.82, 2.24) is 15.0 Å². The maximum Gasteiger partial charge on any atom is 0.0907 e. The molecule has 1 aromatic carbocycles. The summed E-state index contributed by atoms with van der Waals surface area (Å²) in [6.07, 6.45) is 2.44. The Kier molecular flexibility index (Phi) is 2.44. The van der Waals surface area contributed by atoms with E-state index in [4.69, 9.17) is 5.73 Å². The third-order valence-electron chi connectivity index (χ3n) is 3.29. The van der Waals surface area contributed by atoms with Crippen molar-refractivity contribution in [2.75, 3.05) is 0 Å². The van der Waals surface area contributed by atoms with Gasteiger partial charge in [-0.3, -0.25) is 0 Å². The first kappa shape index (κ1) is 10.5. The highest BCUT2D eigenvalue weighted by atomic mass is 15.4. The second-order valence-corrected chi connectivity index (χ2v) is 4.60. The topological polar surface area (TPSA) is 56.7 Å². The van der Waals surface area contributed by atoms with Crippen LogP contribution in [0.1, 0.15) is 35.7 Å². The average molecular weight is 228 g/mol. The molecule has 4 heteroatoms. The smallest absolute Gasteiger partial charge is 0.0907 e. The molecule has 88 valence electrons. The molecule has 1 fully saturated rings. The van der Waals surface area contributed by atoms with Crippen LogP contribution in [0.25, 0.3) is 5.69 Å². The summed E-state index contributed by atoms with van der Waals surface area (Å²) < 4.78 is 1.89. The first-order chi connectivity index (χ1) is 8.31. The Morgan fingerprint density at radius 3 is 2.76 bits per heavy atom. The van der Waals surface area contributed by atoms with E-state index >= 15 is 0 Å². The summed E-state index contributed by atoms with van der Waals surface area (Å²) in [5, 5.41) is 8.57. The molecule has 4 nitrogen and oxygen atoms in total.